The van der Waals surface area contributed by atoms with E-state index in [2.05, 4.69) is 17.6 Å². The summed E-state index contributed by atoms with van der Waals surface area (Å²) in [5, 5.41) is 6.19. The molecule has 4 nitrogen and oxygen atoms in total. The van der Waals surface area contributed by atoms with E-state index in [9.17, 15) is 9.18 Å². The van der Waals surface area contributed by atoms with Crippen molar-refractivity contribution in [1.29, 1.82) is 0 Å². The molecule has 0 spiro atoms. The number of ether oxygens (including phenoxy) is 1. The largest absolute Gasteiger partial charge is 0.492 e. The van der Waals surface area contributed by atoms with Crippen LogP contribution in [0.1, 0.15) is 19.8 Å². The van der Waals surface area contributed by atoms with Gasteiger partial charge < -0.3 is 15.4 Å². The van der Waals surface area contributed by atoms with Crippen molar-refractivity contribution in [3.63, 3.8) is 0 Å². The van der Waals surface area contributed by atoms with Crippen molar-refractivity contribution < 1.29 is 13.9 Å². The van der Waals surface area contributed by atoms with E-state index in [1.807, 2.05) is 0 Å². The lowest BCUT2D eigenvalue weighted by molar-refractivity contribution is -0.126. The molecule has 1 aromatic rings. The van der Waals surface area contributed by atoms with Gasteiger partial charge in [-0.2, -0.15) is 0 Å². The fourth-order valence-electron chi connectivity index (χ4n) is 2.41. The lowest BCUT2D eigenvalue weighted by atomic mass is 9.92. The second-order valence-electron chi connectivity index (χ2n) is 5.17. The molecule has 0 saturated carbocycles. The normalized spacial score (nSPS) is 21.2. The number of carbonyl (C=O) groups excluding carboxylic acids is 1. The van der Waals surface area contributed by atoms with Crippen molar-refractivity contribution in [3.05, 3.63) is 30.1 Å². The summed E-state index contributed by atoms with van der Waals surface area (Å²) in [5.74, 6) is 0.326. The second kappa shape index (κ2) is 8.85. The van der Waals surface area contributed by atoms with Gasteiger partial charge in [-0.3, -0.25) is 4.79 Å². The molecule has 6 heteroatoms. The van der Waals surface area contributed by atoms with Crippen LogP contribution in [-0.2, 0) is 4.79 Å². The third kappa shape index (κ3) is 5.89. The first-order valence-corrected chi connectivity index (χ1v) is 7.04. The van der Waals surface area contributed by atoms with Crippen LogP contribution >= 0.6 is 12.4 Å². The first-order valence-electron chi connectivity index (χ1n) is 7.04. The zero-order valence-corrected chi connectivity index (χ0v) is 12.9. The third-order valence-electron chi connectivity index (χ3n) is 3.46. The van der Waals surface area contributed by atoms with Crippen LogP contribution < -0.4 is 15.4 Å². The standard InChI is InChI=1S/C15H21FN2O2.ClH/c1-11-9-12(5-6-17-11)15(19)18-7-8-20-14-4-2-3-13(16)10-14;/h2-4,10-12,17H,5-9H2,1H3,(H,18,19);1H/t11-,12-;/m0./s1. The molecule has 1 fully saturated rings. The van der Waals surface area contributed by atoms with E-state index < -0.39 is 0 Å². The highest BCUT2D eigenvalue weighted by atomic mass is 35.5. The van der Waals surface area contributed by atoms with Gasteiger partial charge in [0, 0.05) is 18.0 Å². The highest BCUT2D eigenvalue weighted by molar-refractivity contribution is 5.85. The predicted molar refractivity (Wildman–Crippen MR) is 82.3 cm³/mol. The van der Waals surface area contributed by atoms with Crippen LogP contribution in [0.4, 0.5) is 4.39 Å². The number of amides is 1. The van der Waals surface area contributed by atoms with E-state index in [1.54, 1.807) is 12.1 Å². The predicted octanol–water partition coefficient (Wildman–Crippen LogP) is 2.13. The van der Waals surface area contributed by atoms with Gasteiger partial charge in [-0.1, -0.05) is 6.07 Å². The summed E-state index contributed by atoms with van der Waals surface area (Å²) in [6.45, 7) is 3.76. The molecule has 1 aromatic carbocycles. The Balaban J connectivity index is 0.00000220. The maximum Gasteiger partial charge on any atom is 0.223 e. The summed E-state index contributed by atoms with van der Waals surface area (Å²) in [6.07, 6.45) is 1.75. The summed E-state index contributed by atoms with van der Waals surface area (Å²) < 4.78 is 18.3. The topological polar surface area (TPSA) is 50.4 Å². The van der Waals surface area contributed by atoms with Gasteiger partial charge in [-0.05, 0) is 38.4 Å². The summed E-state index contributed by atoms with van der Waals surface area (Å²) >= 11 is 0. The number of rotatable bonds is 5. The Bertz CT molecular complexity index is 459. The van der Waals surface area contributed by atoms with E-state index in [-0.39, 0.29) is 30.0 Å². The Morgan fingerprint density at radius 1 is 1.52 bits per heavy atom. The average molecular weight is 317 g/mol. The Morgan fingerprint density at radius 3 is 3.05 bits per heavy atom. The van der Waals surface area contributed by atoms with E-state index in [1.165, 1.54) is 12.1 Å². The Morgan fingerprint density at radius 2 is 2.33 bits per heavy atom. The van der Waals surface area contributed by atoms with Crippen molar-refractivity contribution >= 4 is 18.3 Å². The molecule has 0 aromatic heterocycles. The summed E-state index contributed by atoms with van der Waals surface area (Å²) in [5.41, 5.74) is 0. The lowest BCUT2D eigenvalue weighted by Gasteiger charge is -2.27. The molecular formula is C15H22ClFN2O2. The van der Waals surface area contributed by atoms with E-state index in [0.717, 1.165) is 19.4 Å². The molecule has 2 atom stereocenters. The van der Waals surface area contributed by atoms with Crippen molar-refractivity contribution in [3.8, 4) is 5.75 Å². The molecule has 0 bridgehead atoms. The molecule has 1 heterocycles. The Kier molecular flexibility index (Phi) is 7.47. The SMILES string of the molecule is C[C@H]1C[C@@H](C(=O)NCCOc2cccc(F)c2)CCN1.Cl. The number of nitrogens with one attached hydrogen (secondary N) is 2. The summed E-state index contributed by atoms with van der Waals surface area (Å²) in [4.78, 5) is 12.0. The zero-order chi connectivity index (χ0) is 14.4. The van der Waals surface area contributed by atoms with Gasteiger partial charge in [-0.15, -0.1) is 12.4 Å². The van der Waals surface area contributed by atoms with Crippen LogP contribution in [0.5, 0.6) is 5.75 Å². The molecule has 0 aliphatic carbocycles. The minimum Gasteiger partial charge on any atom is -0.492 e. The summed E-state index contributed by atoms with van der Waals surface area (Å²) in [7, 11) is 0. The molecule has 1 aliphatic heterocycles. The molecular weight excluding hydrogens is 295 g/mol. The molecule has 1 amide bonds. The number of hydrogen-bond donors (Lipinski definition) is 2. The van der Waals surface area contributed by atoms with E-state index in [4.69, 9.17) is 4.74 Å². The second-order valence-corrected chi connectivity index (χ2v) is 5.17. The van der Waals surface area contributed by atoms with Crippen LogP contribution in [0.2, 0.25) is 0 Å². The van der Waals surface area contributed by atoms with Crippen molar-refractivity contribution in [2.75, 3.05) is 19.7 Å². The molecule has 118 valence electrons. The molecule has 2 rings (SSSR count). The van der Waals surface area contributed by atoms with Gasteiger partial charge in [0.25, 0.3) is 0 Å². The van der Waals surface area contributed by atoms with Gasteiger partial charge in [0.1, 0.15) is 18.2 Å². The number of benzene rings is 1. The van der Waals surface area contributed by atoms with Crippen molar-refractivity contribution in [2.45, 2.75) is 25.8 Å². The molecule has 2 N–H and O–H groups in total. The minimum atomic E-state index is -0.324. The van der Waals surface area contributed by atoms with Crippen LogP contribution in [0.25, 0.3) is 0 Å². The lowest BCUT2D eigenvalue weighted by Crippen LogP contribution is -2.43. The van der Waals surface area contributed by atoms with Crippen LogP contribution in [0.15, 0.2) is 24.3 Å². The highest BCUT2D eigenvalue weighted by Gasteiger charge is 2.24. The highest BCUT2D eigenvalue weighted by Crippen LogP contribution is 2.16. The Labute approximate surface area is 130 Å². The first kappa shape index (κ1) is 17.7. The molecule has 0 radical (unpaired) electrons. The smallest absolute Gasteiger partial charge is 0.223 e. The van der Waals surface area contributed by atoms with Crippen molar-refractivity contribution in [2.24, 2.45) is 5.92 Å². The van der Waals surface area contributed by atoms with Gasteiger partial charge in [0.05, 0.1) is 6.54 Å². The minimum absolute atomic E-state index is 0. The maximum atomic E-state index is 12.9. The molecule has 1 aliphatic rings. The fourth-order valence-corrected chi connectivity index (χ4v) is 2.41. The van der Waals surface area contributed by atoms with Gasteiger partial charge in [0.15, 0.2) is 0 Å². The van der Waals surface area contributed by atoms with Crippen LogP contribution in [0.3, 0.4) is 0 Å². The van der Waals surface area contributed by atoms with Gasteiger partial charge >= 0.3 is 0 Å². The number of piperidine rings is 1. The van der Waals surface area contributed by atoms with Crippen molar-refractivity contribution in [1.82, 2.24) is 10.6 Å². The van der Waals surface area contributed by atoms with E-state index in [0.29, 0.717) is 24.9 Å². The average Bonchev–Trinajstić information content (AvgIpc) is 2.43. The number of hydrogen-bond acceptors (Lipinski definition) is 3. The third-order valence-corrected chi connectivity index (χ3v) is 3.46. The quantitative estimate of drug-likeness (QED) is 0.818. The fraction of sp³-hybridized carbons (Fsp3) is 0.533. The van der Waals surface area contributed by atoms with Crippen LogP contribution in [-0.4, -0.2) is 31.6 Å². The van der Waals surface area contributed by atoms with Gasteiger partial charge in [-0.25, -0.2) is 4.39 Å². The first-order chi connectivity index (χ1) is 9.65. The Hall–Kier alpha value is -1.33. The number of carbonyl (C=O) groups is 1. The number of halogens is 2. The van der Waals surface area contributed by atoms with Crippen LogP contribution in [0, 0.1) is 11.7 Å². The molecule has 0 unspecified atom stereocenters. The maximum absolute atomic E-state index is 12.9. The van der Waals surface area contributed by atoms with E-state index >= 15 is 0 Å². The molecule has 21 heavy (non-hydrogen) atoms. The summed E-state index contributed by atoms with van der Waals surface area (Å²) in [6, 6.07) is 6.38. The molecule has 1 saturated heterocycles. The monoisotopic (exact) mass is 316 g/mol. The van der Waals surface area contributed by atoms with Gasteiger partial charge in [0.2, 0.25) is 5.91 Å². The zero-order valence-electron chi connectivity index (χ0n) is 12.1.